The van der Waals surface area contributed by atoms with Crippen LogP contribution in [0.15, 0.2) is 24.4 Å². The van der Waals surface area contributed by atoms with Gasteiger partial charge in [0.05, 0.1) is 28.9 Å². The standard InChI is InChI=1S/C12H13Cl2N3O/c1-2-12(18)11-7-17(16-15-11)6-8-3-4-9(13)10(14)5-8/h3-5,7,12,18H,2,6H2,1H3. The molecule has 0 bridgehead atoms. The third-order valence-electron chi connectivity index (χ3n) is 2.61. The van der Waals surface area contributed by atoms with E-state index < -0.39 is 6.10 Å². The van der Waals surface area contributed by atoms with Crippen molar-refractivity contribution in [3.8, 4) is 0 Å². The summed E-state index contributed by atoms with van der Waals surface area (Å²) in [5, 5.41) is 18.6. The highest BCUT2D eigenvalue weighted by Gasteiger charge is 2.10. The molecule has 0 aliphatic rings. The number of benzene rings is 1. The van der Waals surface area contributed by atoms with Gasteiger partial charge in [0.25, 0.3) is 0 Å². The number of hydrogen-bond donors (Lipinski definition) is 1. The van der Waals surface area contributed by atoms with Gasteiger partial charge in [-0.3, -0.25) is 0 Å². The zero-order valence-corrected chi connectivity index (χ0v) is 11.4. The molecule has 0 aliphatic heterocycles. The van der Waals surface area contributed by atoms with Crippen molar-refractivity contribution in [3.63, 3.8) is 0 Å². The fraction of sp³-hybridized carbons (Fsp3) is 0.333. The summed E-state index contributed by atoms with van der Waals surface area (Å²) in [5.41, 5.74) is 1.56. The summed E-state index contributed by atoms with van der Waals surface area (Å²) in [6.45, 7) is 2.43. The first kappa shape index (κ1) is 13.3. The minimum Gasteiger partial charge on any atom is -0.387 e. The summed E-state index contributed by atoms with van der Waals surface area (Å²) in [7, 11) is 0. The summed E-state index contributed by atoms with van der Waals surface area (Å²) in [5.74, 6) is 0. The Labute approximate surface area is 115 Å². The predicted molar refractivity (Wildman–Crippen MR) is 70.8 cm³/mol. The van der Waals surface area contributed by atoms with Gasteiger partial charge in [-0.25, -0.2) is 4.68 Å². The average molecular weight is 286 g/mol. The lowest BCUT2D eigenvalue weighted by Crippen LogP contribution is -2.00. The Kier molecular flexibility index (Phi) is 4.22. The van der Waals surface area contributed by atoms with E-state index in [4.69, 9.17) is 23.2 Å². The predicted octanol–water partition coefficient (Wildman–Crippen LogP) is 3.08. The van der Waals surface area contributed by atoms with Gasteiger partial charge in [0.2, 0.25) is 0 Å². The van der Waals surface area contributed by atoms with Crippen LogP contribution in [0, 0.1) is 0 Å². The lowest BCUT2D eigenvalue weighted by Gasteiger charge is -2.03. The SMILES string of the molecule is CCC(O)c1cn(Cc2ccc(Cl)c(Cl)c2)nn1. The molecule has 4 nitrogen and oxygen atoms in total. The summed E-state index contributed by atoms with van der Waals surface area (Å²) < 4.78 is 1.66. The van der Waals surface area contributed by atoms with Gasteiger partial charge in [-0.2, -0.15) is 0 Å². The lowest BCUT2D eigenvalue weighted by molar-refractivity contribution is 0.168. The van der Waals surface area contributed by atoms with Crippen LogP contribution in [-0.2, 0) is 6.54 Å². The van der Waals surface area contributed by atoms with Gasteiger partial charge in [-0.1, -0.05) is 41.4 Å². The molecule has 6 heteroatoms. The third kappa shape index (κ3) is 3.02. The van der Waals surface area contributed by atoms with Crippen molar-refractivity contribution in [2.75, 3.05) is 0 Å². The van der Waals surface area contributed by atoms with Gasteiger partial charge in [-0.15, -0.1) is 5.10 Å². The van der Waals surface area contributed by atoms with Gasteiger partial charge in [0.1, 0.15) is 5.69 Å². The first-order chi connectivity index (χ1) is 8.60. The topological polar surface area (TPSA) is 50.9 Å². The van der Waals surface area contributed by atoms with Crippen LogP contribution in [0.1, 0.15) is 30.7 Å². The number of hydrogen-bond acceptors (Lipinski definition) is 3. The zero-order chi connectivity index (χ0) is 13.1. The molecule has 0 aliphatic carbocycles. The summed E-state index contributed by atoms with van der Waals surface area (Å²) in [6.07, 6.45) is 1.79. The van der Waals surface area contributed by atoms with E-state index in [-0.39, 0.29) is 0 Å². The molecule has 1 unspecified atom stereocenters. The van der Waals surface area contributed by atoms with Crippen molar-refractivity contribution in [1.82, 2.24) is 15.0 Å². The van der Waals surface area contributed by atoms with Crippen LogP contribution in [0.5, 0.6) is 0 Å². The molecule has 0 saturated carbocycles. The fourth-order valence-corrected chi connectivity index (χ4v) is 1.90. The van der Waals surface area contributed by atoms with Crippen LogP contribution >= 0.6 is 23.2 Å². The van der Waals surface area contributed by atoms with E-state index in [9.17, 15) is 5.11 Å². The number of aromatic nitrogens is 3. The normalized spacial score (nSPS) is 12.7. The Morgan fingerprint density at radius 3 is 2.78 bits per heavy atom. The molecule has 1 aromatic carbocycles. The Hall–Kier alpha value is -1.10. The molecule has 1 aromatic heterocycles. The van der Waals surface area contributed by atoms with E-state index >= 15 is 0 Å². The number of rotatable bonds is 4. The smallest absolute Gasteiger partial charge is 0.111 e. The van der Waals surface area contributed by atoms with Crippen LogP contribution in [0.25, 0.3) is 0 Å². The van der Waals surface area contributed by atoms with Crippen molar-refractivity contribution in [1.29, 1.82) is 0 Å². The largest absolute Gasteiger partial charge is 0.387 e. The molecule has 0 amide bonds. The molecule has 0 saturated heterocycles. The quantitative estimate of drug-likeness (QED) is 0.939. The van der Waals surface area contributed by atoms with Crippen molar-refractivity contribution in [3.05, 3.63) is 45.7 Å². The Bertz CT molecular complexity index is 542. The van der Waals surface area contributed by atoms with E-state index in [0.717, 1.165) is 5.56 Å². The minimum absolute atomic E-state index is 0.517. The second kappa shape index (κ2) is 5.69. The first-order valence-electron chi connectivity index (χ1n) is 5.62. The van der Waals surface area contributed by atoms with Gasteiger partial charge in [-0.05, 0) is 24.1 Å². The van der Waals surface area contributed by atoms with E-state index in [1.807, 2.05) is 13.0 Å². The van der Waals surface area contributed by atoms with Gasteiger partial charge >= 0.3 is 0 Å². The van der Waals surface area contributed by atoms with Crippen molar-refractivity contribution >= 4 is 23.2 Å². The zero-order valence-electron chi connectivity index (χ0n) is 9.85. The molecule has 96 valence electrons. The second-order valence-electron chi connectivity index (χ2n) is 4.01. The molecule has 0 spiro atoms. The number of halogens is 2. The molecule has 1 heterocycles. The van der Waals surface area contributed by atoms with E-state index in [1.54, 1.807) is 23.0 Å². The highest BCUT2D eigenvalue weighted by molar-refractivity contribution is 6.42. The number of aliphatic hydroxyl groups excluding tert-OH is 1. The molecule has 2 aromatic rings. The monoisotopic (exact) mass is 285 g/mol. The van der Waals surface area contributed by atoms with Crippen molar-refractivity contribution in [2.24, 2.45) is 0 Å². The molecule has 0 fully saturated rings. The van der Waals surface area contributed by atoms with Gasteiger partial charge < -0.3 is 5.11 Å². The van der Waals surface area contributed by atoms with Crippen LogP contribution in [0.2, 0.25) is 10.0 Å². The number of nitrogens with zero attached hydrogens (tertiary/aromatic N) is 3. The summed E-state index contributed by atoms with van der Waals surface area (Å²) in [6, 6.07) is 5.42. The van der Waals surface area contributed by atoms with E-state index in [2.05, 4.69) is 10.3 Å². The van der Waals surface area contributed by atoms with Crippen LogP contribution < -0.4 is 0 Å². The molecular weight excluding hydrogens is 273 g/mol. The Morgan fingerprint density at radius 2 is 2.11 bits per heavy atom. The molecule has 1 N–H and O–H groups in total. The first-order valence-corrected chi connectivity index (χ1v) is 6.37. The highest BCUT2D eigenvalue weighted by Crippen LogP contribution is 2.23. The summed E-state index contributed by atoms with van der Waals surface area (Å²) >= 11 is 11.8. The van der Waals surface area contributed by atoms with Crippen molar-refractivity contribution in [2.45, 2.75) is 26.0 Å². The van der Waals surface area contributed by atoms with Gasteiger partial charge in [0, 0.05) is 0 Å². The molecule has 18 heavy (non-hydrogen) atoms. The second-order valence-corrected chi connectivity index (χ2v) is 4.83. The maximum atomic E-state index is 9.63. The Morgan fingerprint density at radius 1 is 1.33 bits per heavy atom. The molecule has 0 radical (unpaired) electrons. The maximum Gasteiger partial charge on any atom is 0.111 e. The van der Waals surface area contributed by atoms with E-state index in [0.29, 0.717) is 28.7 Å². The minimum atomic E-state index is -0.562. The highest BCUT2D eigenvalue weighted by atomic mass is 35.5. The Balaban J connectivity index is 2.13. The molecule has 2 rings (SSSR count). The van der Waals surface area contributed by atoms with Crippen LogP contribution in [-0.4, -0.2) is 20.1 Å². The number of aliphatic hydroxyl groups is 1. The van der Waals surface area contributed by atoms with Crippen molar-refractivity contribution < 1.29 is 5.11 Å². The summed E-state index contributed by atoms with van der Waals surface area (Å²) in [4.78, 5) is 0. The molecule has 1 atom stereocenters. The third-order valence-corrected chi connectivity index (χ3v) is 3.35. The average Bonchev–Trinajstić information content (AvgIpc) is 2.81. The van der Waals surface area contributed by atoms with Crippen LogP contribution in [0.3, 0.4) is 0 Å². The van der Waals surface area contributed by atoms with E-state index in [1.165, 1.54) is 0 Å². The fourth-order valence-electron chi connectivity index (χ4n) is 1.58. The van der Waals surface area contributed by atoms with Crippen LogP contribution in [0.4, 0.5) is 0 Å². The molecular formula is C12H13Cl2N3O. The van der Waals surface area contributed by atoms with Gasteiger partial charge in [0.15, 0.2) is 0 Å². The lowest BCUT2D eigenvalue weighted by atomic mass is 10.2. The maximum absolute atomic E-state index is 9.63.